The van der Waals surface area contributed by atoms with E-state index in [1.807, 2.05) is 12.1 Å². The molecule has 0 aliphatic rings. The third kappa shape index (κ3) is 3.49. The molecule has 2 N–H and O–H groups in total. The fourth-order valence-corrected chi connectivity index (χ4v) is 2.27. The fourth-order valence-electron chi connectivity index (χ4n) is 1.89. The van der Waals surface area contributed by atoms with Gasteiger partial charge in [-0.15, -0.1) is 0 Å². The highest BCUT2D eigenvalue weighted by Crippen LogP contribution is 2.24. The Balaban J connectivity index is 2.12. The minimum absolute atomic E-state index is 0.0949. The lowest BCUT2D eigenvalue weighted by Gasteiger charge is -2.12. The highest BCUT2D eigenvalue weighted by atomic mass is 79.9. The molecule has 2 aromatic rings. The summed E-state index contributed by atoms with van der Waals surface area (Å²) in [6.45, 7) is 0.387. The predicted octanol–water partition coefficient (Wildman–Crippen LogP) is 3.70. The number of rotatable bonds is 5. The Morgan fingerprint density at radius 2 is 2.00 bits per heavy atom. The quantitative estimate of drug-likeness (QED) is 0.872. The Labute approximate surface area is 125 Å². The van der Waals surface area contributed by atoms with Gasteiger partial charge in [0, 0.05) is 22.3 Å². The molecule has 0 saturated heterocycles. The van der Waals surface area contributed by atoms with E-state index in [1.54, 1.807) is 19.2 Å². The zero-order valence-electron chi connectivity index (χ0n) is 11.0. The van der Waals surface area contributed by atoms with Crippen LogP contribution in [0.25, 0.3) is 0 Å². The number of nitrogens with one attached hydrogen (secondary N) is 1. The minimum atomic E-state index is -0.268. The van der Waals surface area contributed by atoms with E-state index in [-0.39, 0.29) is 12.4 Å². The Morgan fingerprint density at radius 3 is 2.70 bits per heavy atom. The number of halogens is 2. The van der Waals surface area contributed by atoms with Crippen LogP contribution in [0.15, 0.2) is 40.9 Å². The smallest absolute Gasteiger partial charge is 0.124 e. The molecule has 0 aromatic heterocycles. The second-order valence-electron chi connectivity index (χ2n) is 4.27. The summed E-state index contributed by atoms with van der Waals surface area (Å²) in [5.41, 5.74) is 2.37. The van der Waals surface area contributed by atoms with E-state index in [4.69, 9.17) is 4.74 Å². The summed E-state index contributed by atoms with van der Waals surface area (Å²) >= 11 is 3.39. The maximum Gasteiger partial charge on any atom is 0.124 e. The van der Waals surface area contributed by atoms with Crippen LogP contribution in [0.4, 0.5) is 10.1 Å². The number of ether oxygens (including phenoxy) is 1. The molecule has 5 heteroatoms. The Kier molecular flexibility index (Phi) is 4.98. The van der Waals surface area contributed by atoms with Gasteiger partial charge in [0.25, 0.3) is 0 Å². The standard InChI is InChI=1S/C15H15BrFNO2/c1-20-15-5-3-13(7-11(15)9-19)18-8-10-6-12(17)2-4-14(10)16/h2-7,18-19H,8-9H2,1H3. The summed E-state index contributed by atoms with van der Waals surface area (Å²) in [5, 5.41) is 12.5. The van der Waals surface area contributed by atoms with Crippen molar-refractivity contribution in [2.24, 2.45) is 0 Å². The van der Waals surface area contributed by atoms with Crippen LogP contribution >= 0.6 is 15.9 Å². The number of aliphatic hydroxyl groups is 1. The van der Waals surface area contributed by atoms with Gasteiger partial charge in [-0.25, -0.2) is 4.39 Å². The Morgan fingerprint density at radius 1 is 1.20 bits per heavy atom. The van der Waals surface area contributed by atoms with E-state index in [0.717, 1.165) is 15.7 Å². The molecule has 0 radical (unpaired) electrons. The van der Waals surface area contributed by atoms with E-state index in [2.05, 4.69) is 21.2 Å². The first-order chi connectivity index (χ1) is 9.63. The molecule has 2 rings (SSSR count). The number of hydrogen-bond donors (Lipinski definition) is 2. The van der Waals surface area contributed by atoms with Crippen molar-refractivity contribution in [2.75, 3.05) is 12.4 Å². The maximum atomic E-state index is 13.2. The normalized spacial score (nSPS) is 10.4. The molecule has 0 spiro atoms. The number of methoxy groups -OCH3 is 1. The van der Waals surface area contributed by atoms with E-state index >= 15 is 0 Å². The molecule has 0 saturated carbocycles. The minimum Gasteiger partial charge on any atom is -0.496 e. The monoisotopic (exact) mass is 339 g/mol. The molecule has 0 fully saturated rings. The maximum absolute atomic E-state index is 13.2. The molecular formula is C15H15BrFNO2. The summed E-state index contributed by atoms with van der Waals surface area (Å²) in [6.07, 6.45) is 0. The van der Waals surface area contributed by atoms with Gasteiger partial charge in [-0.3, -0.25) is 0 Å². The van der Waals surface area contributed by atoms with Crippen molar-refractivity contribution in [1.82, 2.24) is 0 Å². The number of anilines is 1. The summed E-state index contributed by atoms with van der Waals surface area (Å²) in [5.74, 6) is 0.376. The summed E-state index contributed by atoms with van der Waals surface area (Å²) in [4.78, 5) is 0. The predicted molar refractivity (Wildman–Crippen MR) is 80.3 cm³/mol. The average molecular weight is 340 g/mol. The van der Waals surface area contributed by atoms with Crippen LogP contribution in [0.2, 0.25) is 0 Å². The highest BCUT2D eigenvalue weighted by molar-refractivity contribution is 9.10. The molecule has 0 heterocycles. The van der Waals surface area contributed by atoms with Gasteiger partial charge < -0.3 is 15.2 Å². The molecule has 0 atom stereocenters. The van der Waals surface area contributed by atoms with Crippen molar-refractivity contribution >= 4 is 21.6 Å². The first kappa shape index (κ1) is 14.8. The van der Waals surface area contributed by atoms with E-state index in [0.29, 0.717) is 17.9 Å². The zero-order chi connectivity index (χ0) is 14.5. The van der Waals surface area contributed by atoms with Crippen molar-refractivity contribution in [3.8, 4) is 5.75 Å². The van der Waals surface area contributed by atoms with Gasteiger partial charge in [-0.1, -0.05) is 15.9 Å². The van der Waals surface area contributed by atoms with E-state index < -0.39 is 0 Å². The largest absolute Gasteiger partial charge is 0.496 e. The lowest BCUT2D eigenvalue weighted by atomic mass is 10.1. The SMILES string of the molecule is COc1ccc(NCc2cc(F)ccc2Br)cc1CO. The molecule has 3 nitrogen and oxygen atoms in total. The summed E-state index contributed by atoms with van der Waals surface area (Å²) in [7, 11) is 1.56. The van der Waals surface area contributed by atoms with Crippen LogP contribution in [-0.4, -0.2) is 12.2 Å². The van der Waals surface area contributed by atoms with Crippen LogP contribution in [0.1, 0.15) is 11.1 Å². The van der Waals surface area contributed by atoms with Gasteiger partial charge >= 0.3 is 0 Å². The molecule has 20 heavy (non-hydrogen) atoms. The van der Waals surface area contributed by atoms with Crippen LogP contribution in [0.3, 0.4) is 0 Å². The van der Waals surface area contributed by atoms with Gasteiger partial charge in [0.05, 0.1) is 13.7 Å². The van der Waals surface area contributed by atoms with E-state index in [9.17, 15) is 9.50 Å². The van der Waals surface area contributed by atoms with Gasteiger partial charge in [-0.05, 0) is 42.0 Å². The van der Waals surface area contributed by atoms with Crippen molar-refractivity contribution < 1.29 is 14.2 Å². The van der Waals surface area contributed by atoms with Gasteiger partial charge in [0.1, 0.15) is 11.6 Å². The van der Waals surface area contributed by atoms with Crippen molar-refractivity contribution in [3.63, 3.8) is 0 Å². The molecule has 0 unspecified atom stereocenters. The molecular weight excluding hydrogens is 325 g/mol. The van der Waals surface area contributed by atoms with Crippen molar-refractivity contribution in [2.45, 2.75) is 13.2 Å². The molecule has 2 aromatic carbocycles. The lowest BCUT2D eigenvalue weighted by Crippen LogP contribution is -2.02. The molecule has 0 aliphatic carbocycles. The fraction of sp³-hybridized carbons (Fsp3) is 0.200. The van der Waals surface area contributed by atoms with Crippen LogP contribution in [0, 0.1) is 5.82 Å². The first-order valence-corrected chi connectivity index (χ1v) is 6.89. The highest BCUT2D eigenvalue weighted by Gasteiger charge is 2.05. The summed E-state index contributed by atoms with van der Waals surface area (Å²) in [6, 6.07) is 10.0. The molecule has 0 aliphatic heterocycles. The van der Waals surface area contributed by atoms with Crippen LogP contribution in [-0.2, 0) is 13.2 Å². The molecule has 0 bridgehead atoms. The number of aliphatic hydroxyl groups excluding tert-OH is 1. The van der Waals surface area contributed by atoms with Crippen LogP contribution in [0.5, 0.6) is 5.75 Å². The zero-order valence-corrected chi connectivity index (χ0v) is 12.6. The van der Waals surface area contributed by atoms with E-state index in [1.165, 1.54) is 12.1 Å². The molecule has 0 amide bonds. The number of hydrogen-bond acceptors (Lipinski definition) is 3. The summed E-state index contributed by atoms with van der Waals surface area (Å²) < 4.78 is 19.2. The van der Waals surface area contributed by atoms with Gasteiger partial charge in [-0.2, -0.15) is 0 Å². The third-order valence-corrected chi connectivity index (χ3v) is 3.72. The second-order valence-corrected chi connectivity index (χ2v) is 5.13. The lowest BCUT2D eigenvalue weighted by molar-refractivity contribution is 0.274. The van der Waals surface area contributed by atoms with Crippen molar-refractivity contribution in [3.05, 3.63) is 57.8 Å². The van der Waals surface area contributed by atoms with Crippen LogP contribution < -0.4 is 10.1 Å². The topological polar surface area (TPSA) is 41.5 Å². The first-order valence-electron chi connectivity index (χ1n) is 6.09. The Bertz CT molecular complexity index is 604. The third-order valence-electron chi connectivity index (χ3n) is 2.94. The Hall–Kier alpha value is -1.59. The number of benzene rings is 2. The average Bonchev–Trinajstić information content (AvgIpc) is 2.47. The second kappa shape index (κ2) is 6.72. The van der Waals surface area contributed by atoms with Gasteiger partial charge in [0.2, 0.25) is 0 Å². The van der Waals surface area contributed by atoms with Gasteiger partial charge in [0.15, 0.2) is 0 Å². The van der Waals surface area contributed by atoms with Crippen molar-refractivity contribution in [1.29, 1.82) is 0 Å². The molecule has 106 valence electrons.